The fraction of sp³-hybridized carbons (Fsp3) is 0.917. The molecule has 0 aromatic heterocycles. The Morgan fingerprint density at radius 1 is 0.516 bits per heavy atom. The van der Waals surface area contributed by atoms with E-state index in [9.17, 15) is 19.8 Å². The van der Waals surface area contributed by atoms with E-state index in [0.717, 1.165) is 19.4 Å². The molecule has 0 aliphatic heterocycles. The van der Waals surface area contributed by atoms with Gasteiger partial charge in [-0.15, -0.1) is 0 Å². The number of rotatable bonds is 23. The molecule has 0 bridgehead atoms. The summed E-state index contributed by atoms with van der Waals surface area (Å²) in [7, 11) is 0. The quantitative estimate of drug-likeness (QED) is 0.129. The second-order valence-electron chi connectivity index (χ2n) is 8.39. The molecule has 5 nitrogen and oxygen atoms in total. The van der Waals surface area contributed by atoms with Crippen molar-refractivity contribution in [2.24, 2.45) is 0 Å². The third-order valence-electron chi connectivity index (χ3n) is 5.59. The minimum absolute atomic E-state index is 0. The molecule has 0 aromatic rings. The maximum Gasteiger partial charge on any atom is 1.00 e. The molecule has 0 heterocycles. The Bertz CT molecular complexity index is 380. The van der Waals surface area contributed by atoms with Crippen molar-refractivity contribution >= 4 is 11.9 Å². The van der Waals surface area contributed by atoms with E-state index in [0.29, 0.717) is 13.1 Å². The van der Waals surface area contributed by atoms with E-state index in [-0.39, 0.29) is 72.0 Å². The molecule has 0 saturated carbocycles. The molecule has 0 rings (SSSR count). The summed E-state index contributed by atoms with van der Waals surface area (Å²) >= 11 is 0. The zero-order valence-electron chi connectivity index (χ0n) is 20.9. The zero-order chi connectivity index (χ0) is 21.6. The minimum Gasteiger partial charge on any atom is -0.550 e. The molecule has 0 radical (unpaired) electrons. The summed E-state index contributed by atoms with van der Waals surface area (Å²) in [6.45, 7) is 3.72. The van der Waals surface area contributed by atoms with Crippen LogP contribution in [0.15, 0.2) is 0 Å². The molecule has 0 aromatic carbocycles. The first-order valence-corrected chi connectivity index (χ1v) is 12.2. The number of hydrogen-bond acceptors (Lipinski definition) is 5. The normalized spacial score (nSPS) is 10.5. The van der Waals surface area contributed by atoms with E-state index in [4.69, 9.17) is 0 Å². The molecule has 0 unspecified atom stereocenters. The first kappa shape index (κ1) is 36.5. The van der Waals surface area contributed by atoms with Crippen LogP contribution in [0.3, 0.4) is 0 Å². The van der Waals surface area contributed by atoms with Crippen molar-refractivity contribution in [1.29, 1.82) is 0 Å². The van der Waals surface area contributed by atoms with Crippen molar-refractivity contribution in [2.75, 3.05) is 19.6 Å². The second kappa shape index (κ2) is 28.9. The van der Waals surface area contributed by atoms with E-state index in [1.54, 1.807) is 0 Å². The molecule has 0 spiro atoms. The number of carboxylic acid groups (broad SMARTS) is 2. The molecule has 31 heavy (non-hydrogen) atoms. The molecule has 0 atom stereocenters. The van der Waals surface area contributed by atoms with E-state index in [1.807, 2.05) is 4.90 Å². The molecule has 0 saturated heterocycles. The number of carbonyl (C=O) groups is 2. The minimum atomic E-state index is -1.09. The Kier molecular flexibility index (Phi) is 34.0. The fourth-order valence-electron chi connectivity index (χ4n) is 3.72. The predicted molar refractivity (Wildman–Crippen MR) is 115 cm³/mol. The van der Waals surface area contributed by atoms with Crippen molar-refractivity contribution in [3.63, 3.8) is 0 Å². The van der Waals surface area contributed by atoms with Crippen molar-refractivity contribution in [3.05, 3.63) is 0 Å². The average Bonchev–Trinajstić information content (AvgIpc) is 2.68. The first-order valence-electron chi connectivity index (χ1n) is 12.2. The van der Waals surface area contributed by atoms with Crippen LogP contribution in [0, 0.1) is 0 Å². The molecule has 0 amide bonds. The SMILES string of the molecule is CCCCCCCCCCCCCCCCCCN(CCC(=O)[O-])CCC(=O)[O-].[Na+].[Na+]. The third-order valence-corrected chi connectivity index (χ3v) is 5.59. The average molecular weight is 458 g/mol. The van der Waals surface area contributed by atoms with Crippen molar-refractivity contribution < 1.29 is 78.9 Å². The maximum atomic E-state index is 10.6. The maximum absolute atomic E-state index is 10.6. The molecule has 0 N–H and O–H groups in total. The summed E-state index contributed by atoms with van der Waals surface area (Å²) in [5.41, 5.74) is 0. The smallest absolute Gasteiger partial charge is 0.550 e. The summed E-state index contributed by atoms with van der Waals surface area (Å²) in [6.07, 6.45) is 21.0. The standard InChI is InChI=1S/C24H47NO4.2Na/c1-2-3-4-5-6-7-8-9-10-11-12-13-14-15-16-17-20-25(21-18-23(26)27)22-19-24(28)29;;/h2-22H2,1H3,(H,26,27)(H,28,29);;/q;2*+1/p-2. The Morgan fingerprint density at radius 3 is 1.10 bits per heavy atom. The molecule has 0 fully saturated rings. The number of nitrogens with zero attached hydrogens (tertiary/aromatic N) is 1. The molecule has 172 valence electrons. The van der Waals surface area contributed by atoms with Gasteiger partial charge in [0.15, 0.2) is 0 Å². The number of aliphatic carboxylic acids is 2. The van der Waals surface area contributed by atoms with Gasteiger partial charge in [0.05, 0.1) is 0 Å². The van der Waals surface area contributed by atoms with Gasteiger partial charge in [-0.25, -0.2) is 0 Å². The molecule has 7 heteroatoms. The number of unbranched alkanes of at least 4 members (excludes halogenated alkanes) is 15. The van der Waals surface area contributed by atoms with Crippen LogP contribution in [-0.4, -0.2) is 36.5 Å². The molecular weight excluding hydrogens is 412 g/mol. The molecule has 0 aliphatic carbocycles. The largest absolute Gasteiger partial charge is 1.00 e. The van der Waals surface area contributed by atoms with Crippen LogP contribution >= 0.6 is 0 Å². The van der Waals surface area contributed by atoms with Gasteiger partial charge in [0.2, 0.25) is 0 Å². The van der Waals surface area contributed by atoms with Crippen LogP contribution in [0.5, 0.6) is 0 Å². The third kappa shape index (κ3) is 30.9. The van der Waals surface area contributed by atoms with Gasteiger partial charge >= 0.3 is 59.1 Å². The first-order chi connectivity index (χ1) is 14.1. The van der Waals surface area contributed by atoms with E-state index in [1.165, 1.54) is 89.9 Å². The van der Waals surface area contributed by atoms with Crippen LogP contribution in [0.1, 0.15) is 122 Å². The summed E-state index contributed by atoms with van der Waals surface area (Å²) in [6, 6.07) is 0. The summed E-state index contributed by atoms with van der Waals surface area (Å²) in [5, 5.41) is 21.2. The van der Waals surface area contributed by atoms with Gasteiger partial charge in [0.25, 0.3) is 0 Å². The van der Waals surface area contributed by atoms with Gasteiger partial charge in [0, 0.05) is 25.0 Å². The van der Waals surface area contributed by atoms with E-state index >= 15 is 0 Å². The Balaban J connectivity index is -0.00000392. The van der Waals surface area contributed by atoms with Gasteiger partial charge in [0.1, 0.15) is 0 Å². The van der Waals surface area contributed by atoms with Crippen molar-refractivity contribution in [2.45, 2.75) is 122 Å². The number of hydrogen-bond donors (Lipinski definition) is 0. The topological polar surface area (TPSA) is 83.5 Å². The van der Waals surface area contributed by atoms with Crippen LogP contribution in [0.2, 0.25) is 0 Å². The number of carboxylic acids is 2. The second-order valence-corrected chi connectivity index (χ2v) is 8.39. The Labute approximate surface area is 236 Å². The van der Waals surface area contributed by atoms with Crippen LogP contribution < -0.4 is 69.3 Å². The van der Waals surface area contributed by atoms with Crippen LogP contribution in [-0.2, 0) is 9.59 Å². The predicted octanol–water partition coefficient (Wildman–Crippen LogP) is -2.16. The summed E-state index contributed by atoms with van der Waals surface area (Å²) in [5.74, 6) is -2.18. The van der Waals surface area contributed by atoms with Crippen LogP contribution in [0.25, 0.3) is 0 Å². The van der Waals surface area contributed by atoms with Gasteiger partial charge in [-0.3, -0.25) is 0 Å². The summed E-state index contributed by atoms with van der Waals surface area (Å²) < 4.78 is 0. The Morgan fingerprint density at radius 2 is 0.806 bits per heavy atom. The number of carbonyl (C=O) groups excluding carboxylic acids is 2. The Hall–Kier alpha value is 0.900. The van der Waals surface area contributed by atoms with Crippen molar-refractivity contribution in [3.8, 4) is 0 Å². The summed E-state index contributed by atoms with van der Waals surface area (Å²) in [4.78, 5) is 23.1. The van der Waals surface area contributed by atoms with E-state index < -0.39 is 11.9 Å². The molecule has 0 aliphatic rings. The molecular formula is C24H45NNa2O4. The van der Waals surface area contributed by atoms with Gasteiger partial charge in [-0.2, -0.15) is 0 Å². The fourth-order valence-corrected chi connectivity index (χ4v) is 3.72. The monoisotopic (exact) mass is 457 g/mol. The van der Waals surface area contributed by atoms with Crippen LogP contribution in [0.4, 0.5) is 0 Å². The van der Waals surface area contributed by atoms with Gasteiger partial charge < -0.3 is 24.7 Å². The van der Waals surface area contributed by atoms with Gasteiger partial charge in [-0.05, 0) is 25.8 Å². The van der Waals surface area contributed by atoms with Gasteiger partial charge in [-0.1, -0.05) is 103 Å². The zero-order valence-corrected chi connectivity index (χ0v) is 24.9. The van der Waals surface area contributed by atoms with Crippen molar-refractivity contribution in [1.82, 2.24) is 4.90 Å². The van der Waals surface area contributed by atoms with E-state index in [2.05, 4.69) is 6.92 Å².